The summed E-state index contributed by atoms with van der Waals surface area (Å²) in [5.41, 5.74) is 11.2. The molecule has 0 radical (unpaired) electrons. The van der Waals surface area contributed by atoms with E-state index in [9.17, 15) is 34.5 Å². The molecular formula is C44H83N5O8. The maximum absolute atomic E-state index is 14.3. The van der Waals surface area contributed by atoms with Crippen molar-refractivity contribution in [3.8, 4) is 0 Å². The highest BCUT2D eigenvalue weighted by Gasteiger charge is 2.57. The molecule has 4 atom stereocenters. The van der Waals surface area contributed by atoms with Crippen LogP contribution in [0.4, 0.5) is 0 Å². The Morgan fingerprint density at radius 2 is 1.14 bits per heavy atom. The minimum absolute atomic E-state index is 0.0963. The van der Waals surface area contributed by atoms with E-state index in [1.807, 2.05) is 0 Å². The molecule has 8 N–H and O–H groups in total. The summed E-state index contributed by atoms with van der Waals surface area (Å²) < 4.78 is 6.24. The fourth-order valence-electron chi connectivity index (χ4n) is 7.62. The first-order valence-electron chi connectivity index (χ1n) is 22.8. The standard InChI is InChI=1S/C44H83N5O8/c1-3-5-7-9-11-13-15-17-18-19-20-22-24-26-28-30-40(53)48(31-29-27-25-23-21-16-14-12-10-8-6-4-2)44(32-37(51)43(56)38(36-50)57-44)49(41(54)34-46)42(55)35-47-39(52)33-45/h17-18,37-38,43,50-51,56H,3-16,19-36,45-46H2,1-2H3,(H,47,52)/t37-,38-,43+,44-/m1/s1. The zero-order chi connectivity index (χ0) is 42.2. The largest absolute Gasteiger partial charge is 0.394 e. The first-order chi connectivity index (χ1) is 27.6. The number of aliphatic hydroxyl groups excluding tert-OH is 3. The molecule has 332 valence electrons. The van der Waals surface area contributed by atoms with Gasteiger partial charge in [-0.1, -0.05) is 148 Å². The predicted molar refractivity (Wildman–Crippen MR) is 227 cm³/mol. The maximum atomic E-state index is 14.3. The number of nitrogens with one attached hydrogen (secondary N) is 1. The van der Waals surface area contributed by atoms with Crippen LogP contribution in [0.1, 0.15) is 187 Å². The van der Waals surface area contributed by atoms with Gasteiger partial charge in [-0.25, -0.2) is 4.90 Å². The lowest BCUT2D eigenvalue weighted by atomic mass is 9.95. The monoisotopic (exact) mass is 810 g/mol. The lowest BCUT2D eigenvalue weighted by molar-refractivity contribution is -0.312. The topological polar surface area (TPSA) is 209 Å². The number of allylic oxidation sites excluding steroid dienone is 2. The van der Waals surface area contributed by atoms with Gasteiger partial charge in [0.15, 0.2) is 0 Å². The van der Waals surface area contributed by atoms with Crippen LogP contribution >= 0.6 is 0 Å². The molecule has 1 aliphatic heterocycles. The van der Waals surface area contributed by atoms with Gasteiger partial charge in [0.25, 0.3) is 5.91 Å². The van der Waals surface area contributed by atoms with Crippen molar-refractivity contribution in [2.75, 3.05) is 32.8 Å². The second-order valence-corrected chi connectivity index (χ2v) is 15.9. The minimum atomic E-state index is -2.20. The summed E-state index contributed by atoms with van der Waals surface area (Å²) in [4.78, 5) is 55.7. The smallest absolute Gasteiger partial charge is 0.252 e. The quantitative estimate of drug-likeness (QED) is 0.0246. The van der Waals surface area contributed by atoms with E-state index in [1.165, 1.54) is 88.4 Å². The van der Waals surface area contributed by atoms with E-state index in [-0.39, 0.29) is 18.9 Å². The summed E-state index contributed by atoms with van der Waals surface area (Å²) in [5, 5.41) is 34.4. The highest BCUT2D eigenvalue weighted by atomic mass is 16.6. The van der Waals surface area contributed by atoms with Crippen LogP contribution in [-0.2, 0) is 23.9 Å². The number of hydrogen-bond acceptors (Lipinski definition) is 10. The molecule has 0 aromatic heterocycles. The van der Waals surface area contributed by atoms with E-state index in [1.54, 1.807) is 0 Å². The van der Waals surface area contributed by atoms with Crippen LogP contribution in [0.5, 0.6) is 0 Å². The molecule has 4 amide bonds. The van der Waals surface area contributed by atoms with Gasteiger partial charge in [0.2, 0.25) is 23.6 Å². The summed E-state index contributed by atoms with van der Waals surface area (Å²) in [6, 6.07) is 0. The van der Waals surface area contributed by atoms with E-state index in [0.717, 1.165) is 64.2 Å². The molecular weight excluding hydrogens is 727 g/mol. The Morgan fingerprint density at radius 3 is 1.61 bits per heavy atom. The summed E-state index contributed by atoms with van der Waals surface area (Å²) in [6.07, 6.45) is 27.2. The van der Waals surface area contributed by atoms with Gasteiger partial charge in [-0.3, -0.25) is 24.1 Å². The number of hydrogen-bond donors (Lipinski definition) is 6. The Bertz CT molecular complexity index is 1110. The van der Waals surface area contributed by atoms with Crippen molar-refractivity contribution < 1.29 is 39.2 Å². The SMILES string of the molecule is CCCCCCCCC=CCCCCCCCC(=O)N(CCCCCCCCCCCCCC)[C@@]1(N(C(=O)CN)C(=O)CNC(=O)CN)C[C@@H](O)[C@H](O)[C@@H](CO)O1. The summed E-state index contributed by atoms with van der Waals surface area (Å²) >= 11 is 0. The number of carbonyl (C=O) groups is 4. The predicted octanol–water partition coefficient (Wildman–Crippen LogP) is 6.10. The first kappa shape index (κ1) is 52.6. The summed E-state index contributed by atoms with van der Waals surface area (Å²) in [6.45, 7) is 2.12. The lowest BCUT2D eigenvalue weighted by Gasteiger charge is -2.54. The zero-order valence-electron chi connectivity index (χ0n) is 35.9. The van der Waals surface area contributed by atoms with Gasteiger partial charge < -0.3 is 36.8 Å². The number of rotatable bonds is 35. The van der Waals surface area contributed by atoms with Crippen LogP contribution < -0.4 is 16.8 Å². The number of nitrogens with two attached hydrogens (primary N) is 2. The molecule has 1 heterocycles. The Kier molecular flexibility index (Phi) is 30.8. The number of ether oxygens (including phenoxy) is 1. The highest BCUT2D eigenvalue weighted by molar-refractivity contribution is 5.99. The normalized spacial score (nSPS) is 19.5. The van der Waals surface area contributed by atoms with Crippen LogP contribution in [0.2, 0.25) is 0 Å². The molecule has 0 aromatic rings. The van der Waals surface area contributed by atoms with Crippen molar-refractivity contribution in [2.45, 2.75) is 211 Å². The molecule has 0 saturated carbocycles. The number of aliphatic hydroxyl groups is 3. The molecule has 0 spiro atoms. The van der Waals surface area contributed by atoms with Crippen molar-refractivity contribution in [3.05, 3.63) is 12.2 Å². The highest BCUT2D eigenvalue weighted by Crippen LogP contribution is 2.37. The van der Waals surface area contributed by atoms with Gasteiger partial charge in [-0.15, -0.1) is 0 Å². The van der Waals surface area contributed by atoms with Crippen LogP contribution in [0, 0.1) is 0 Å². The van der Waals surface area contributed by atoms with Crippen molar-refractivity contribution >= 4 is 23.6 Å². The summed E-state index contributed by atoms with van der Waals surface area (Å²) in [5.74, 6) is -5.06. The van der Waals surface area contributed by atoms with Crippen molar-refractivity contribution in [1.82, 2.24) is 15.1 Å². The lowest BCUT2D eigenvalue weighted by Crippen LogP contribution is -2.74. The van der Waals surface area contributed by atoms with E-state index >= 15 is 0 Å². The molecule has 0 aliphatic carbocycles. The van der Waals surface area contributed by atoms with Gasteiger partial charge in [-0.05, 0) is 38.5 Å². The molecule has 1 saturated heterocycles. The number of imide groups is 1. The van der Waals surface area contributed by atoms with E-state index in [2.05, 4.69) is 31.3 Å². The van der Waals surface area contributed by atoms with Gasteiger partial charge in [-0.2, -0.15) is 0 Å². The second-order valence-electron chi connectivity index (χ2n) is 15.9. The Labute approximate surface area is 345 Å². The van der Waals surface area contributed by atoms with Crippen molar-refractivity contribution in [2.24, 2.45) is 11.5 Å². The third-order valence-corrected chi connectivity index (χ3v) is 11.0. The zero-order valence-corrected chi connectivity index (χ0v) is 35.9. The van der Waals surface area contributed by atoms with E-state index in [4.69, 9.17) is 16.2 Å². The van der Waals surface area contributed by atoms with Crippen LogP contribution in [0.3, 0.4) is 0 Å². The minimum Gasteiger partial charge on any atom is -0.394 e. The molecule has 13 nitrogen and oxygen atoms in total. The Hall–Kier alpha value is -2.42. The van der Waals surface area contributed by atoms with Crippen LogP contribution in [0.15, 0.2) is 12.2 Å². The molecule has 0 unspecified atom stereocenters. The Morgan fingerprint density at radius 1 is 0.667 bits per heavy atom. The molecule has 57 heavy (non-hydrogen) atoms. The van der Waals surface area contributed by atoms with Gasteiger partial charge in [0, 0.05) is 19.4 Å². The number of nitrogens with zero attached hydrogens (tertiary/aromatic N) is 2. The van der Waals surface area contributed by atoms with Crippen molar-refractivity contribution in [3.63, 3.8) is 0 Å². The number of amides is 4. The Balaban J connectivity index is 3.05. The third-order valence-electron chi connectivity index (χ3n) is 11.0. The maximum Gasteiger partial charge on any atom is 0.252 e. The van der Waals surface area contributed by atoms with Gasteiger partial charge in [0.1, 0.15) is 12.2 Å². The molecule has 0 aromatic carbocycles. The first-order valence-corrected chi connectivity index (χ1v) is 22.8. The molecule has 0 bridgehead atoms. The van der Waals surface area contributed by atoms with Crippen LogP contribution in [-0.4, -0.2) is 106 Å². The molecule has 1 fully saturated rings. The number of unbranched alkanes of at least 4 members (excludes halogenated alkanes) is 22. The average molecular weight is 810 g/mol. The fourth-order valence-corrected chi connectivity index (χ4v) is 7.62. The number of carbonyl (C=O) groups excluding carboxylic acids is 4. The molecule has 1 aliphatic rings. The van der Waals surface area contributed by atoms with Crippen molar-refractivity contribution in [1.29, 1.82) is 0 Å². The average Bonchev–Trinajstić information content (AvgIpc) is 3.21. The van der Waals surface area contributed by atoms with Gasteiger partial charge in [0.05, 0.1) is 32.3 Å². The third kappa shape index (κ3) is 21.4. The molecule has 13 heteroatoms. The summed E-state index contributed by atoms with van der Waals surface area (Å²) in [7, 11) is 0. The van der Waals surface area contributed by atoms with E-state index < -0.39 is 74.5 Å². The van der Waals surface area contributed by atoms with E-state index in [0.29, 0.717) is 17.7 Å². The van der Waals surface area contributed by atoms with Gasteiger partial charge >= 0.3 is 0 Å². The van der Waals surface area contributed by atoms with Crippen LogP contribution in [0.25, 0.3) is 0 Å². The fraction of sp³-hybridized carbons (Fsp3) is 0.864. The molecule has 1 rings (SSSR count). The second kappa shape index (κ2) is 33.4.